The average Bonchev–Trinajstić information content (AvgIpc) is 3.92. The Bertz CT molecular complexity index is 3470. The normalized spacial score (nSPS) is 12.0. The first-order valence-electron chi connectivity index (χ1n) is 18.9. The number of hydrogen-bond acceptors (Lipinski definition) is 1. The summed E-state index contributed by atoms with van der Waals surface area (Å²) in [6, 6.07) is 71.4. The molecular weight excluding hydrogens is 685 g/mol. The van der Waals surface area contributed by atoms with Gasteiger partial charge in [0.25, 0.3) is 0 Å². The van der Waals surface area contributed by atoms with E-state index in [1.165, 1.54) is 108 Å². The van der Waals surface area contributed by atoms with E-state index in [4.69, 9.17) is 0 Å². The number of hydrogen-bond donors (Lipinski definition) is 0. The van der Waals surface area contributed by atoms with Crippen LogP contribution in [0.3, 0.4) is 0 Å². The van der Waals surface area contributed by atoms with E-state index in [0.717, 1.165) is 0 Å². The summed E-state index contributed by atoms with van der Waals surface area (Å²) in [6.07, 6.45) is 0. The predicted octanol–water partition coefficient (Wildman–Crippen LogP) is 14.7. The summed E-state index contributed by atoms with van der Waals surface area (Å²) in [5.74, 6) is 0. The minimum absolute atomic E-state index is 1.17. The fourth-order valence-electron chi connectivity index (χ4n) is 9.12. The van der Waals surface area contributed by atoms with Crippen LogP contribution in [-0.4, -0.2) is 9.13 Å². The van der Waals surface area contributed by atoms with Crippen molar-refractivity contribution in [1.29, 1.82) is 0 Å². The zero-order valence-electron chi connectivity index (χ0n) is 29.8. The Kier molecular flexibility index (Phi) is 6.54. The van der Waals surface area contributed by atoms with E-state index in [2.05, 4.69) is 203 Å². The molecule has 12 rings (SSSR count). The van der Waals surface area contributed by atoms with Crippen molar-refractivity contribution in [2.24, 2.45) is 0 Å². The van der Waals surface area contributed by atoms with Crippen LogP contribution >= 0.6 is 11.3 Å². The van der Waals surface area contributed by atoms with E-state index in [-0.39, 0.29) is 0 Å². The third-order valence-electron chi connectivity index (χ3n) is 11.5. The summed E-state index contributed by atoms with van der Waals surface area (Å²) < 4.78 is 7.56. The number of rotatable bonds is 4. The highest BCUT2D eigenvalue weighted by Crippen LogP contribution is 2.45. The molecule has 0 saturated carbocycles. The summed E-state index contributed by atoms with van der Waals surface area (Å²) in [6.45, 7) is 0. The van der Waals surface area contributed by atoms with Crippen molar-refractivity contribution in [2.45, 2.75) is 0 Å². The molecule has 0 aliphatic carbocycles. The molecule has 55 heavy (non-hydrogen) atoms. The van der Waals surface area contributed by atoms with Crippen LogP contribution in [0.1, 0.15) is 0 Å². The van der Waals surface area contributed by atoms with Crippen molar-refractivity contribution in [2.75, 3.05) is 0 Å². The SMILES string of the molecule is c1ccc(-c2cccc3c2c2cc(-c4ccc5c(c4)c4ccc6ccccc6c4n5-c4ccccc4)ccc2n3-c2cccc3sc4ccccc4c23)cc1. The molecule has 0 aliphatic rings. The monoisotopic (exact) mass is 716 g/mol. The summed E-state index contributed by atoms with van der Waals surface area (Å²) in [7, 11) is 0. The number of benzene rings is 9. The second-order valence-corrected chi connectivity index (χ2v) is 15.6. The van der Waals surface area contributed by atoms with Gasteiger partial charge in [0.2, 0.25) is 0 Å². The molecule has 12 aromatic rings. The molecule has 256 valence electrons. The standard InChI is InChI=1S/C52H32N2S/c1-3-13-33(14-4-1)38-20-11-21-46-50(38)43-32-36(27-30-45(43)54(46)47-22-12-24-49-51(47)41-19-9-10-23-48(41)55-49)35-26-29-44-42(31-35)40-28-25-34-15-7-8-18-39(34)52(40)53(44)37-16-5-2-6-17-37/h1-32H. The Morgan fingerprint density at radius 1 is 0.345 bits per heavy atom. The van der Waals surface area contributed by atoms with Gasteiger partial charge in [-0.3, -0.25) is 0 Å². The predicted molar refractivity (Wildman–Crippen MR) is 236 cm³/mol. The third-order valence-corrected chi connectivity index (χ3v) is 12.6. The topological polar surface area (TPSA) is 9.86 Å². The Morgan fingerprint density at radius 3 is 1.85 bits per heavy atom. The zero-order chi connectivity index (χ0) is 36.0. The molecule has 3 heteroatoms. The Balaban J connectivity index is 1.15. The number of thiophene rings is 1. The molecule has 0 radical (unpaired) electrons. The first-order valence-corrected chi connectivity index (χ1v) is 19.7. The van der Waals surface area contributed by atoms with Gasteiger partial charge in [-0.1, -0.05) is 133 Å². The molecule has 0 saturated heterocycles. The fourth-order valence-corrected chi connectivity index (χ4v) is 10.2. The van der Waals surface area contributed by atoms with Crippen LogP contribution in [0.5, 0.6) is 0 Å². The summed E-state index contributed by atoms with van der Waals surface area (Å²) >= 11 is 1.87. The molecule has 9 aromatic carbocycles. The molecule has 0 bridgehead atoms. The highest BCUT2D eigenvalue weighted by Gasteiger charge is 2.21. The first kappa shape index (κ1) is 30.5. The number of fused-ring (bicyclic) bond motifs is 11. The van der Waals surface area contributed by atoms with Gasteiger partial charge in [-0.2, -0.15) is 0 Å². The van der Waals surface area contributed by atoms with Crippen LogP contribution in [0, 0.1) is 0 Å². The zero-order valence-corrected chi connectivity index (χ0v) is 30.6. The van der Waals surface area contributed by atoms with Gasteiger partial charge in [0.15, 0.2) is 0 Å². The van der Waals surface area contributed by atoms with E-state index in [9.17, 15) is 0 Å². The minimum Gasteiger partial charge on any atom is -0.309 e. The quantitative estimate of drug-likeness (QED) is 0.172. The van der Waals surface area contributed by atoms with E-state index < -0.39 is 0 Å². The first-order chi connectivity index (χ1) is 27.3. The van der Waals surface area contributed by atoms with Gasteiger partial charge in [-0.15, -0.1) is 11.3 Å². The van der Waals surface area contributed by atoms with Crippen LogP contribution in [-0.2, 0) is 0 Å². The lowest BCUT2D eigenvalue weighted by Gasteiger charge is -2.11. The van der Waals surface area contributed by atoms with Crippen molar-refractivity contribution < 1.29 is 0 Å². The molecule has 0 aliphatic heterocycles. The van der Waals surface area contributed by atoms with Gasteiger partial charge in [-0.05, 0) is 88.3 Å². The smallest absolute Gasteiger partial charge is 0.0619 e. The van der Waals surface area contributed by atoms with Crippen LogP contribution in [0.25, 0.3) is 108 Å². The van der Waals surface area contributed by atoms with Crippen LogP contribution < -0.4 is 0 Å². The van der Waals surface area contributed by atoms with Gasteiger partial charge >= 0.3 is 0 Å². The molecule has 0 unspecified atom stereocenters. The van der Waals surface area contributed by atoms with E-state index in [1.807, 2.05) is 11.3 Å². The van der Waals surface area contributed by atoms with Crippen LogP contribution in [0.4, 0.5) is 0 Å². The van der Waals surface area contributed by atoms with Crippen LogP contribution in [0.15, 0.2) is 194 Å². The fraction of sp³-hybridized carbons (Fsp3) is 0. The molecule has 3 heterocycles. The maximum Gasteiger partial charge on any atom is 0.0619 e. The lowest BCUT2D eigenvalue weighted by Crippen LogP contribution is -1.95. The van der Waals surface area contributed by atoms with E-state index in [0.29, 0.717) is 0 Å². The van der Waals surface area contributed by atoms with Crippen molar-refractivity contribution >= 4 is 85.9 Å². The Morgan fingerprint density at radius 2 is 1.02 bits per heavy atom. The number of aromatic nitrogens is 2. The lowest BCUT2D eigenvalue weighted by molar-refractivity contribution is 1.19. The van der Waals surface area contributed by atoms with E-state index >= 15 is 0 Å². The molecule has 0 amide bonds. The second-order valence-electron chi connectivity index (χ2n) is 14.5. The molecule has 0 atom stereocenters. The highest BCUT2D eigenvalue weighted by atomic mass is 32.1. The maximum absolute atomic E-state index is 2.50. The van der Waals surface area contributed by atoms with Crippen molar-refractivity contribution in [3.63, 3.8) is 0 Å². The highest BCUT2D eigenvalue weighted by molar-refractivity contribution is 7.25. The van der Waals surface area contributed by atoms with E-state index in [1.54, 1.807) is 0 Å². The molecule has 0 fully saturated rings. The van der Waals surface area contributed by atoms with Gasteiger partial charge in [0, 0.05) is 52.8 Å². The summed E-state index contributed by atoms with van der Waals surface area (Å²) in [4.78, 5) is 0. The van der Waals surface area contributed by atoms with Crippen LogP contribution in [0.2, 0.25) is 0 Å². The largest absolute Gasteiger partial charge is 0.309 e. The molecule has 2 nitrogen and oxygen atoms in total. The second kappa shape index (κ2) is 11.8. The minimum atomic E-state index is 1.17. The molecule has 0 N–H and O–H groups in total. The van der Waals surface area contributed by atoms with Gasteiger partial charge < -0.3 is 9.13 Å². The molecular formula is C52H32N2S. The van der Waals surface area contributed by atoms with Gasteiger partial charge in [0.05, 0.1) is 27.8 Å². The number of para-hydroxylation sites is 1. The van der Waals surface area contributed by atoms with Crippen molar-refractivity contribution in [3.05, 3.63) is 194 Å². The van der Waals surface area contributed by atoms with Gasteiger partial charge in [0.1, 0.15) is 0 Å². The third kappa shape index (κ3) is 4.48. The molecule has 3 aromatic heterocycles. The maximum atomic E-state index is 2.50. The molecule has 0 spiro atoms. The summed E-state index contributed by atoms with van der Waals surface area (Å²) in [5, 5.41) is 10.2. The Labute approximate surface area is 321 Å². The Hall–Kier alpha value is -6.94. The lowest BCUT2D eigenvalue weighted by atomic mass is 9.97. The summed E-state index contributed by atoms with van der Waals surface area (Å²) in [5.41, 5.74) is 12.1. The van der Waals surface area contributed by atoms with Gasteiger partial charge in [-0.25, -0.2) is 0 Å². The van der Waals surface area contributed by atoms with Crippen molar-refractivity contribution in [1.82, 2.24) is 9.13 Å². The number of nitrogens with zero attached hydrogens (tertiary/aromatic N) is 2. The van der Waals surface area contributed by atoms with Crippen molar-refractivity contribution in [3.8, 4) is 33.6 Å². The average molecular weight is 717 g/mol.